The summed E-state index contributed by atoms with van der Waals surface area (Å²) in [5, 5.41) is 9.44. The highest BCUT2D eigenvalue weighted by atomic mass is 16.3. The van der Waals surface area contributed by atoms with Crippen LogP contribution in [0.2, 0.25) is 0 Å². The first-order chi connectivity index (χ1) is 31.7. The predicted molar refractivity (Wildman–Crippen MR) is 266 cm³/mol. The molecule has 4 heteroatoms. The fourth-order valence-electron chi connectivity index (χ4n) is 10.4. The number of furan rings is 2. The van der Waals surface area contributed by atoms with Gasteiger partial charge in [0.1, 0.15) is 22.3 Å². The summed E-state index contributed by atoms with van der Waals surface area (Å²) >= 11 is 0. The largest absolute Gasteiger partial charge is 0.455 e. The molecule has 0 radical (unpaired) electrons. The van der Waals surface area contributed by atoms with Crippen molar-refractivity contribution in [2.45, 2.75) is 0 Å². The average molecular weight is 817 g/mol. The molecule has 64 heavy (non-hydrogen) atoms. The molecule has 298 valence electrons. The van der Waals surface area contributed by atoms with Gasteiger partial charge in [-0.25, -0.2) is 0 Å². The van der Waals surface area contributed by atoms with Crippen molar-refractivity contribution in [1.82, 2.24) is 9.13 Å². The number of hydrogen-bond donors (Lipinski definition) is 0. The van der Waals surface area contributed by atoms with Crippen LogP contribution in [0, 0.1) is 0 Å². The summed E-state index contributed by atoms with van der Waals surface area (Å²) in [6, 6.07) is 78.5. The first-order valence-corrected chi connectivity index (χ1v) is 21.8. The Morgan fingerprint density at radius 2 is 0.609 bits per heavy atom. The minimum atomic E-state index is 0.911. The summed E-state index contributed by atoms with van der Waals surface area (Å²) in [5.41, 5.74) is 17.4. The molecule has 0 saturated carbocycles. The van der Waals surface area contributed by atoms with Crippen molar-refractivity contribution in [1.29, 1.82) is 0 Å². The fraction of sp³-hybridized carbons (Fsp3) is 0. The van der Waals surface area contributed by atoms with Crippen LogP contribution in [0.15, 0.2) is 227 Å². The van der Waals surface area contributed by atoms with Gasteiger partial charge in [-0.2, -0.15) is 0 Å². The Morgan fingerprint density at radius 3 is 1.06 bits per heavy atom. The molecule has 14 rings (SSSR count). The highest BCUT2D eigenvalue weighted by molar-refractivity contribution is 6.15. The van der Waals surface area contributed by atoms with Gasteiger partial charge in [-0.1, -0.05) is 146 Å². The number of benzene rings is 10. The highest BCUT2D eigenvalue weighted by Crippen LogP contribution is 2.42. The molecule has 0 saturated heterocycles. The lowest BCUT2D eigenvalue weighted by molar-refractivity contribution is 0.669. The predicted octanol–water partition coefficient (Wildman–Crippen LogP) is 16.7. The first-order valence-electron chi connectivity index (χ1n) is 21.8. The Hall–Kier alpha value is -8.60. The van der Waals surface area contributed by atoms with Crippen LogP contribution >= 0.6 is 0 Å². The molecule has 4 aromatic heterocycles. The second-order valence-electron chi connectivity index (χ2n) is 16.8. The molecule has 10 aromatic carbocycles. The number of aromatic nitrogens is 2. The molecule has 0 unspecified atom stereocenters. The monoisotopic (exact) mass is 816 g/mol. The zero-order valence-electron chi connectivity index (χ0n) is 34.5. The van der Waals surface area contributed by atoms with E-state index in [2.05, 4.69) is 203 Å². The van der Waals surface area contributed by atoms with Crippen molar-refractivity contribution >= 4 is 87.5 Å². The van der Waals surface area contributed by atoms with E-state index in [-0.39, 0.29) is 0 Å². The minimum absolute atomic E-state index is 0.911. The molecule has 0 aliphatic rings. The SMILES string of the molecule is c1ccc2c(c1)oc1c(-c3ccc4c(c3)c3ccccc3n4-c3ccc(-c4ccc(-n5c6ccccc6c6cc(-c7cccc8c7oc7ccccc78)ccc65)cc4)cc3)cccc12. The van der Waals surface area contributed by atoms with E-state index < -0.39 is 0 Å². The summed E-state index contributed by atoms with van der Waals surface area (Å²) < 4.78 is 17.7. The third kappa shape index (κ3) is 5.11. The van der Waals surface area contributed by atoms with Crippen LogP contribution in [0.4, 0.5) is 0 Å². The van der Waals surface area contributed by atoms with E-state index in [1.165, 1.54) is 54.7 Å². The van der Waals surface area contributed by atoms with Gasteiger partial charge in [0.05, 0.1) is 22.1 Å². The van der Waals surface area contributed by atoms with Crippen LogP contribution in [-0.4, -0.2) is 9.13 Å². The second kappa shape index (κ2) is 13.4. The van der Waals surface area contributed by atoms with Crippen molar-refractivity contribution in [2.75, 3.05) is 0 Å². The van der Waals surface area contributed by atoms with Crippen LogP contribution in [0.25, 0.3) is 132 Å². The average Bonchev–Trinajstić information content (AvgIpc) is 4.12. The molecule has 0 fully saturated rings. The van der Waals surface area contributed by atoms with Gasteiger partial charge < -0.3 is 18.0 Å². The molecule has 4 heterocycles. The molecule has 0 amide bonds. The van der Waals surface area contributed by atoms with Crippen LogP contribution in [0.5, 0.6) is 0 Å². The fourth-order valence-corrected chi connectivity index (χ4v) is 10.4. The van der Waals surface area contributed by atoms with E-state index in [1.807, 2.05) is 24.3 Å². The van der Waals surface area contributed by atoms with E-state index in [9.17, 15) is 0 Å². The normalized spacial score (nSPS) is 12.1. The van der Waals surface area contributed by atoms with Crippen LogP contribution in [-0.2, 0) is 0 Å². The topological polar surface area (TPSA) is 36.1 Å². The van der Waals surface area contributed by atoms with E-state index in [0.29, 0.717) is 0 Å². The lowest BCUT2D eigenvalue weighted by atomic mass is 10.0. The van der Waals surface area contributed by atoms with Gasteiger partial charge in [0.25, 0.3) is 0 Å². The van der Waals surface area contributed by atoms with Crippen molar-refractivity contribution < 1.29 is 8.83 Å². The molecule has 0 atom stereocenters. The maximum Gasteiger partial charge on any atom is 0.143 e. The van der Waals surface area contributed by atoms with Gasteiger partial charge in [-0.3, -0.25) is 0 Å². The van der Waals surface area contributed by atoms with Gasteiger partial charge in [0.2, 0.25) is 0 Å². The lowest BCUT2D eigenvalue weighted by Crippen LogP contribution is -1.95. The van der Waals surface area contributed by atoms with Crippen LogP contribution in [0.1, 0.15) is 0 Å². The number of hydrogen-bond acceptors (Lipinski definition) is 2. The highest BCUT2D eigenvalue weighted by Gasteiger charge is 2.19. The summed E-state index contributed by atoms with van der Waals surface area (Å²) in [6.45, 7) is 0. The standard InChI is InChI=1S/C60H36N2O2/c1-5-19-53-45(11-1)51-35-39(43-15-9-17-49-47-13-3-7-21-57(47)63-59(43)49)27-33-55(51)61(53)41-29-23-37(24-30-41)38-25-31-42(32-26-38)62-54-20-6-2-12-46(54)52-36-40(28-34-56(52)62)44-16-10-18-50-48-14-4-8-22-58(48)64-60(44)50/h1-36H. The molecular formula is C60H36N2O2. The number of rotatable bonds is 5. The third-order valence-electron chi connectivity index (χ3n) is 13.4. The Morgan fingerprint density at radius 1 is 0.250 bits per heavy atom. The first kappa shape index (κ1) is 35.0. The van der Waals surface area contributed by atoms with Crippen molar-refractivity contribution in [3.05, 3.63) is 218 Å². The lowest BCUT2D eigenvalue weighted by Gasteiger charge is -2.11. The van der Waals surface area contributed by atoms with E-state index >= 15 is 0 Å². The maximum absolute atomic E-state index is 6.45. The van der Waals surface area contributed by atoms with E-state index in [4.69, 9.17) is 8.83 Å². The zero-order valence-corrected chi connectivity index (χ0v) is 34.5. The molecule has 0 spiro atoms. The molecule has 0 aliphatic carbocycles. The molecule has 0 N–H and O–H groups in total. The van der Waals surface area contributed by atoms with Crippen molar-refractivity contribution in [2.24, 2.45) is 0 Å². The molecular weight excluding hydrogens is 781 g/mol. The maximum atomic E-state index is 6.45. The number of para-hydroxylation sites is 6. The van der Waals surface area contributed by atoms with Crippen molar-refractivity contribution in [3.8, 4) is 44.8 Å². The van der Waals surface area contributed by atoms with Gasteiger partial charge in [-0.15, -0.1) is 0 Å². The van der Waals surface area contributed by atoms with Crippen LogP contribution in [0.3, 0.4) is 0 Å². The van der Waals surface area contributed by atoms with E-state index in [1.54, 1.807) is 0 Å². The van der Waals surface area contributed by atoms with Crippen molar-refractivity contribution in [3.63, 3.8) is 0 Å². The quantitative estimate of drug-likeness (QED) is 0.173. The second-order valence-corrected chi connectivity index (χ2v) is 16.8. The number of fused-ring (bicyclic) bond motifs is 12. The van der Waals surface area contributed by atoms with Gasteiger partial charge in [0, 0.05) is 65.6 Å². The summed E-state index contributed by atoms with van der Waals surface area (Å²) in [7, 11) is 0. The Labute approximate surface area is 367 Å². The van der Waals surface area contributed by atoms with E-state index in [0.717, 1.165) is 77.5 Å². The summed E-state index contributed by atoms with van der Waals surface area (Å²) in [4.78, 5) is 0. The third-order valence-corrected chi connectivity index (χ3v) is 13.4. The Balaban J connectivity index is 0.814. The minimum Gasteiger partial charge on any atom is -0.455 e. The number of nitrogens with zero attached hydrogens (tertiary/aromatic N) is 2. The molecule has 0 aliphatic heterocycles. The van der Waals surface area contributed by atoms with Gasteiger partial charge in [-0.05, 0) is 95.1 Å². The molecule has 0 bridgehead atoms. The van der Waals surface area contributed by atoms with Crippen LogP contribution < -0.4 is 0 Å². The zero-order chi connectivity index (χ0) is 41.9. The summed E-state index contributed by atoms with van der Waals surface area (Å²) in [6.07, 6.45) is 0. The molecule has 14 aromatic rings. The molecule has 4 nitrogen and oxygen atoms in total. The smallest absolute Gasteiger partial charge is 0.143 e. The summed E-state index contributed by atoms with van der Waals surface area (Å²) in [5.74, 6) is 0. The Kier molecular flexibility index (Phi) is 7.36. The van der Waals surface area contributed by atoms with Gasteiger partial charge >= 0.3 is 0 Å². The van der Waals surface area contributed by atoms with Gasteiger partial charge in [0.15, 0.2) is 0 Å². The Bertz CT molecular complexity index is 3900.